The van der Waals surface area contributed by atoms with E-state index in [1.807, 2.05) is 0 Å². The molecule has 2 atom stereocenters. The lowest BCUT2D eigenvalue weighted by Crippen LogP contribution is -2.49. The first-order chi connectivity index (χ1) is 8.69. The lowest BCUT2D eigenvalue weighted by atomic mass is 10.0. The number of amides is 3. The third-order valence-corrected chi connectivity index (χ3v) is 3.28. The zero-order valence-corrected chi connectivity index (χ0v) is 10.6. The standard InChI is InChI=1S/C9H16N4O4S/c10-3-4-16-11-8(14)7-2-1-6-5-12(7)9(15)13(6)17-18/h6-7,18H,1-5,10H2,(H,11,14)/t6-,7+/m1/s1. The van der Waals surface area contributed by atoms with Crippen molar-refractivity contribution < 1.29 is 18.7 Å². The number of hydroxylamine groups is 3. The number of thiol groups is 1. The molecule has 0 aromatic carbocycles. The normalized spacial score (nSPS) is 26.7. The molecule has 2 rings (SSSR count). The van der Waals surface area contributed by atoms with Crippen LogP contribution in [-0.2, 0) is 13.9 Å². The van der Waals surface area contributed by atoms with Gasteiger partial charge < -0.3 is 10.6 Å². The van der Waals surface area contributed by atoms with E-state index in [0.29, 0.717) is 25.9 Å². The maximum absolute atomic E-state index is 11.9. The van der Waals surface area contributed by atoms with Gasteiger partial charge in [0.25, 0.3) is 5.91 Å². The van der Waals surface area contributed by atoms with Crippen molar-refractivity contribution >= 4 is 24.8 Å². The summed E-state index contributed by atoms with van der Waals surface area (Å²) in [5.41, 5.74) is 7.54. The summed E-state index contributed by atoms with van der Waals surface area (Å²) in [6.45, 7) is 1.02. The van der Waals surface area contributed by atoms with Gasteiger partial charge in [-0.3, -0.25) is 9.63 Å². The summed E-state index contributed by atoms with van der Waals surface area (Å²) in [5, 5.41) is 1.19. The van der Waals surface area contributed by atoms with E-state index in [9.17, 15) is 9.59 Å². The van der Waals surface area contributed by atoms with E-state index in [4.69, 9.17) is 14.9 Å². The predicted molar refractivity (Wildman–Crippen MR) is 64.0 cm³/mol. The molecule has 0 unspecified atom stereocenters. The Hall–Kier alpha value is -1.03. The van der Waals surface area contributed by atoms with Crippen LogP contribution in [0, 0.1) is 0 Å². The van der Waals surface area contributed by atoms with Gasteiger partial charge in [0, 0.05) is 26.0 Å². The Morgan fingerprint density at radius 1 is 1.56 bits per heavy atom. The molecule has 2 aliphatic rings. The van der Waals surface area contributed by atoms with Crippen molar-refractivity contribution in [3.05, 3.63) is 0 Å². The minimum Gasteiger partial charge on any atom is -0.328 e. The molecule has 2 saturated heterocycles. The molecule has 8 nitrogen and oxygen atoms in total. The second-order valence-corrected chi connectivity index (χ2v) is 4.36. The summed E-state index contributed by atoms with van der Waals surface area (Å²) in [6, 6.07) is -0.907. The second kappa shape index (κ2) is 5.74. The fourth-order valence-corrected chi connectivity index (χ4v) is 2.46. The summed E-state index contributed by atoms with van der Waals surface area (Å²) < 4.78 is 4.72. The number of hydrogen-bond donors (Lipinski definition) is 3. The molecule has 2 bridgehead atoms. The molecule has 0 spiro atoms. The highest BCUT2D eigenvalue weighted by atomic mass is 32.1. The third kappa shape index (κ3) is 2.39. The maximum Gasteiger partial charge on any atom is 0.345 e. The van der Waals surface area contributed by atoms with Gasteiger partial charge in [-0.25, -0.2) is 14.6 Å². The van der Waals surface area contributed by atoms with E-state index in [1.165, 1.54) is 9.96 Å². The fourth-order valence-electron chi connectivity index (χ4n) is 2.26. The highest BCUT2D eigenvalue weighted by Gasteiger charge is 2.47. The smallest absolute Gasteiger partial charge is 0.328 e. The van der Waals surface area contributed by atoms with Crippen molar-refractivity contribution in [1.29, 1.82) is 0 Å². The van der Waals surface area contributed by atoms with Crippen LogP contribution in [-0.4, -0.2) is 53.7 Å². The Labute approximate surface area is 110 Å². The molecule has 3 N–H and O–H groups in total. The van der Waals surface area contributed by atoms with Crippen LogP contribution in [0.3, 0.4) is 0 Å². The quantitative estimate of drug-likeness (QED) is 0.260. The molecule has 3 amide bonds. The van der Waals surface area contributed by atoms with Crippen molar-refractivity contribution in [2.75, 3.05) is 19.7 Å². The van der Waals surface area contributed by atoms with E-state index >= 15 is 0 Å². The lowest BCUT2D eigenvalue weighted by molar-refractivity contribution is -0.138. The van der Waals surface area contributed by atoms with Crippen LogP contribution in [0.4, 0.5) is 4.79 Å². The molecular weight excluding hydrogens is 260 g/mol. The average Bonchev–Trinajstić information content (AvgIpc) is 2.62. The Kier molecular flexibility index (Phi) is 4.27. The predicted octanol–water partition coefficient (Wildman–Crippen LogP) is -0.962. The van der Waals surface area contributed by atoms with Gasteiger partial charge in [-0.05, 0) is 12.8 Å². The van der Waals surface area contributed by atoms with Crippen LogP contribution >= 0.6 is 12.9 Å². The van der Waals surface area contributed by atoms with Gasteiger partial charge in [0.2, 0.25) is 0 Å². The average molecular weight is 276 g/mol. The van der Waals surface area contributed by atoms with Gasteiger partial charge >= 0.3 is 6.03 Å². The first kappa shape index (κ1) is 13.4. The number of nitrogens with one attached hydrogen (secondary N) is 1. The lowest BCUT2D eigenvalue weighted by Gasteiger charge is -2.28. The summed E-state index contributed by atoms with van der Waals surface area (Å²) in [5.74, 6) is -0.337. The van der Waals surface area contributed by atoms with E-state index in [2.05, 4.69) is 18.4 Å². The maximum atomic E-state index is 11.9. The van der Waals surface area contributed by atoms with Gasteiger partial charge in [-0.1, -0.05) is 0 Å². The van der Waals surface area contributed by atoms with Crippen LogP contribution < -0.4 is 11.2 Å². The van der Waals surface area contributed by atoms with Crippen molar-refractivity contribution in [3.8, 4) is 0 Å². The van der Waals surface area contributed by atoms with Gasteiger partial charge in [0.1, 0.15) is 6.04 Å². The first-order valence-corrected chi connectivity index (χ1v) is 6.08. The summed E-state index contributed by atoms with van der Waals surface area (Å²) in [6.07, 6.45) is 1.26. The van der Waals surface area contributed by atoms with Crippen LogP contribution in [0.15, 0.2) is 0 Å². The number of carbonyl (C=O) groups excluding carboxylic acids is 2. The van der Waals surface area contributed by atoms with Crippen LogP contribution in [0.25, 0.3) is 0 Å². The van der Waals surface area contributed by atoms with Crippen molar-refractivity contribution in [2.24, 2.45) is 5.73 Å². The Morgan fingerprint density at radius 2 is 2.33 bits per heavy atom. The highest BCUT2D eigenvalue weighted by molar-refractivity contribution is 7.75. The summed E-state index contributed by atoms with van der Waals surface area (Å²) in [7, 11) is 0. The number of nitrogens with two attached hydrogens (primary N) is 1. The molecule has 2 aliphatic heterocycles. The molecule has 0 radical (unpaired) electrons. The topological polar surface area (TPSA) is 97.1 Å². The van der Waals surface area contributed by atoms with Crippen LogP contribution in [0.5, 0.6) is 0 Å². The zero-order valence-electron chi connectivity index (χ0n) is 9.74. The fraction of sp³-hybridized carbons (Fsp3) is 0.778. The van der Waals surface area contributed by atoms with Crippen LogP contribution in [0.2, 0.25) is 0 Å². The molecule has 0 aromatic rings. The molecule has 2 fully saturated rings. The molecule has 0 saturated carbocycles. The van der Waals surface area contributed by atoms with E-state index in [-0.39, 0.29) is 24.6 Å². The number of urea groups is 1. The van der Waals surface area contributed by atoms with Crippen molar-refractivity contribution in [2.45, 2.75) is 24.9 Å². The third-order valence-electron chi connectivity index (χ3n) is 3.11. The minimum absolute atomic E-state index is 0.0380. The van der Waals surface area contributed by atoms with Crippen molar-refractivity contribution in [1.82, 2.24) is 15.4 Å². The Morgan fingerprint density at radius 3 is 3.00 bits per heavy atom. The molecular formula is C9H16N4O4S. The van der Waals surface area contributed by atoms with Gasteiger partial charge in [-0.2, -0.15) is 5.06 Å². The monoisotopic (exact) mass is 276 g/mol. The zero-order chi connectivity index (χ0) is 13.1. The number of hydrogen-bond acceptors (Lipinski definition) is 6. The number of carbonyl (C=O) groups is 2. The molecule has 0 aromatic heterocycles. The van der Waals surface area contributed by atoms with Gasteiger partial charge in [-0.15, -0.1) is 0 Å². The molecule has 0 aliphatic carbocycles. The highest BCUT2D eigenvalue weighted by Crippen LogP contribution is 2.30. The summed E-state index contributed by atoms with van der Waals surface area (Å²) in [4.78, 5) is 30.1. The number of rotatable bonds is 5. The number of nitrogens with zero attached hydrogens (tertiary/aromatic N) is 2. The number of piperidine rings is 1. The molecule has 2 heterocycles. The summed E-state index contributed by atoms with van der Waals surface area (Å²) >= 11 is 3.65. The molecule has 102 valence electrons. The van der Waals surface area contributed by atoms with E-state index < -0.39 is 6.04 Å². The van der Waals surface area contributed by atoms with E-state index in [0.717, 1.165) is 0 Å². The number of fused-ring (bicyclic) bond motifs is 2. The van der Waals surface area contributed by atoms with Gasteiger partial charge in [0.05, 0.1) is 12.6 Å². The minimum atomic E-state index is -0.528. The molecule has 9 heteroatoms. The Balaban J connectivity index is 1.95. The first-order valence-electron chi connectivity index (χ1n) is 5.72. The second-order valence-electron chi connectivity index (χ2n) is 4.19. The largest absolute Gasteiger partial charge is 0.345 e. The molecule has 18 heavy (non-hydrogen) atoms. The van der Waals surface area contributed by atoms with Gasteiger partial charge in [0.15, 0.2) is 0 Å². The van der Waals surface area contributed by atoms with E-state index in [1.54, 1.807) is 0 Å². The Bertz CT molecular complexity index is 343. The van der Waals surface area contributed by atoms with Crippen molar-refractivity contribution in [3.63, 3.8) is 0 Å². The van der Waals surface area contributed by atoms with Crippen LogP contribution in [0.1, 0.15) is 12.8 Å². The SMILES string of the molecule is NCCONC(=O)[C@@H]1CC[C@@H]2CN1C(=O)N2OS.